The molecule has 3 aromatic carbocycles. The zero-order chi connectivity index (χ0) is 23.1. The van der Waals surface area contributed by atoms with Crippen LogP contribution in [0.2, 0.25) is 0 Å². The highest BCUT2D eigenvalue weighted by atomic mass is 14.9. The van der Waals surface area contributed by atoms with Crippen LogP contribution in [0.5, 0.6) is 0 Å². The van der Waals surface area contributed by atoms with Gasteiger partial charge in [-0.3, -0.25) is 0 Å². The molecule has 0 bridgehead atoms. The van der Waals surface area contributed by atoms with Crippen LogP contribution < -0.4 is 5.32 Å². The van der Waals surface area contributed by atoms with E-state index in [0.29, 0.717) is 17.9 Å². The largest absolute Gasteiger partial charge is 0.382 e. The fourth-order valence-electron chi connectivity index (χ4n) is 4.07. The molecule has 1 N–H and O–H groups in total. The lowest BCUT2D eigenvalue weighted by Gasteiger charge is -2.27. The van der Waals surface area contributed by atoms with Gasteiger partial charge in [0.1, 0.15) is 0 Å². The van der Waals surface area contributed by atoms with Crippen molar-refractivity contribution in [3.8, 4) is 0 Å². The van der Waals surface area contributed by atoms with Crippen molar-refractivity contribution >= 4 is 17.3 Å². The van der Waals surface area contributed by atoms with Crippen molar-refractivity contribution in [2.75, 3.05) is 5.32 Å². The lowest BCUT2D eigenvalue weighted by molar-refractivity contribution is 0.413. The predicted molar refractivity (Wildman–Crippen MR) is 142 cm³/mol. The normalized spacial score (nSPS) is 11.5. The maximum absolute atomic E-state index is 3.70. The summed E-state index contributed by atoms with van der Waals surface area (Å²) in [5, 5.41) is 3.70. The SMILES string of the molecule is Cc1ccc(C(=CC=Cc2ccc(NC(C(C)C)C(C)C)cc2)c2ccc(C)cc2)cc1. The molecule has 32 heavy (non-hydrogen) atoms. The summed E-state index contributed by atoms with van der Waals surface area (Å²) in [6.07, 6.45) is 6.55. The molecule has 0 spiro atoms. The van der Waals surface area contributed by atoms with Crippen molar-refractivity contribution in [3.63, 3.8) is 0 Å². The van der Waals surface area contributed by atoms with Gasteiger partial charge in [-0.15, -0.1) is 0 Å². The van der Waals surface area contributed by atoms with Crippen LogP contribution >= 0.6 is 0 Å². The van der Waals surface area contributed by atoms with Crippen LogP contribution in [0.15, 0.2) is 84.9 Å². The topological polar surface area (TPSA) is 12.0 Å². The molecule has 1 heteroatoms. The van der Waals surface area contributed by atoms with E-state index in [0.717, 1.165) is 0 Å². The van der Waals surface area contributed by atoms with Gasteiger partial charge in [-0.25, -0.2) is 0 Å². The van der Waals surface area contributed by atoms with Crippen molar-refractivity contribution in [1.82, 2.24) is 0 Å². The Bertz CT molecular complexity index is 978. The Morgan fingerprint density at radius 2 is 1.12 bits per heavy atom. The Morgan fingerprint density at radius 3 is 1.56 bits per heavy atom. The fourth-order valence-corrected chi connectivity index (χ4v) is 4.07. The molecule has 166 valence electrons. The van der Waals surface area contributed by atoms with Crippen LogP contribution in [0.3, 0.4) is 0 Å². The Hall–Kier alpha value is -3.06. The molecule has 0 radical (unpaired) electrons. The highest BCUT2D eigenvalue weighted by Crippen LogP contribution is 2.25. The first kappa shape index (κ1) is 23.6. The number of aryl methyl sites for hydroxylation is 2. The maximum Gasteiger partial charge on any atom is 0.0342 e. The standard InChI is InChI=1S/C31H37N/c1-22(2)31(23(3)4)32-29-20-14-26(15-21-29)8-7-9-30(27-16-10-24(5)11-17-27)28-18-12-25(6)13-19-28/h7-23,31-32H,1-6H3. The van der Waals surface area contributed by atoms with Gasteiger partial charge >= 0.3 is 0 Å². The molecule has 1 nitrogen and oxygen atoms in total. The van der Waals surface area contributed by atoms with E-state index in [9.17, 15) is 0 Å². The lowest BCUT2D eigenvalue weighted by atomic mass is 9.93. The van der Waals surface area contributed by atoms with Crippen LogP contribution in [0.1, 0.15) is 55.5 Å². The molecule has 0 fully saturated rings. The summed E-state index contributed by atoms with van der Waals surface area (Å²) in [4.78, 5) is 0. The summed E-state index contributed by atoms with van der Waals surface area (Å²) in [6.45, 7) is 13.4. The van der Waals surface area contributed by atoms with E-state index in [1.807, 2.05) is 0 Å². The quantitative estimate of drug-likeness (QED) is 0.358. The number of hydrogen-bond donors (Lipinski definition) is 1. The summed E-state index contributed by atoms with van der Waals surface area (Å²) < 4.78 is 0. The van der Waals surface area contributed by atoms with Crippen LogP contribution in [0.4, 0.5) is 5.69 Å². The number of rotatable bonds is 8. The third-order valence-electron chi connectivity index (χ3n) is 5.96. The lowest BCUT2D eigenvalue weighted by Crippen LogP contribution is -2.30. The van der Waals surface area contributed by atoms with Crippen molar-refractivity contribution in [1.29, 1.82) is 0 Å². The molecule has 0 unspecified atom stereocenters. The Kier molecular flexibility index (Phi) is 8.11. The van der Waals surface area contributed by atoms with E-state index in [2.05, 4.69) is 138 Å². The Balaban J connectivity index is 1.81. The van der Waals surface area contributed by atoms with Crippen molar-refractivity contribution in [2.45, 2.75) is 47.6 Å². The first-order valence-electron chi connectivity index (χ1n) is 11.7. The second-order valence-corrected chi connectivity index (χ2v) is 9.45. The first-order chi connectivity index (χ1) is 15.3. The number of benzene rings is 3. The average Bonchev–Trinajstić information content (AvgIpc) is 2.77. The molecular formula is C31H37N. The number of hydrogen-bond acceptors (Lipinski definition) is 1. The molecule has 0 atom stereocenters. The summed E-state index contributed by atoms with van der Waals surface area (Å²) in [5.74, 6) is 1.20. The summed E-state index contributed by atoms with van der Waals surface area (Å²) in [6, 6.07) is 26.7. The zero-order valence-electron chi connectivity index (χ0n) is 20.4. The monoisotopic (exact) mass is 423 g/mol. The molecule has 0 saturated carbocycles. The van der Waals surface area contributed by atoms with Crippen LogP contribution in [-0.2, 0) is 0 Å². The van der Waals surface area contributed by atoms with Crippen molar-refractivity contribution in [3.05, 3.63) is 113 Å². The van der Waals surface area contributed by atoms with Crippen LogP contribution in [-0.4, -0.2) is 6.04 Å². The van der Waals surface area contributed by atoms with Gasteiger partial charge in [0.15, 0.2) is 0 Å². The molecule has 0 heterocycles. The third-order valence-corrected chi connectivity index (χ3v) is 5.96. The molecule has 0 aliphatic carbocycles. The summed E-state index contributed by atoms with van der Waals surface area (Å²) >= 11 is 0. The van der Waals surface area contributed by atoms with Gasteiger partial charge in [-0.2, -0.15) is 0 Å². The Labute approximate surface area is 194 Å². The number of anilines is 1. The van der Waals surface area contributed by atoms with E-state index < -0.39 is 0 Å². The minimum atomic E-state index is 0.478. The van der Waals surface area contributed by atoms with Gasteiger partial charge in [0.05, 0.1) is 0 Å². The zero-order valence-corrected chi connectivity index (χ0v) is 20.4. The number of allylic oxidation sites excluding steroid dienone is 2. The second-order valence-electron chi connectivity index (χ2n) is 9.45. The molecule has 3 rings (SSSR count). The molecule has 3 aromatic rings. The summed E-state index contributed by atoms with van der Waals surface area (Å²) in [5.41, 5.74) is 8.64. The Morgan fingerprint density at radius 1 is 0.656 bits per heavy atom. The minimum Gasteiger partial charge on any atom is -0.382 e. The molecule has 0 aromatic heterocycles. The second kappa shape index (κ2) is 11.0. The predicted octanol–water partition coefficient (Wildman–Crippen LogP) is 8.54. The van der Waals surface area contributed by atoms with E-state index in [1.54, 1.807) is 0 Å². The molecule has 0 aliphatic heterocycles. The molecule has 0 aliphatic rings. The van der Waals surface area contributed by atoms with Gasteiger partial charge in [0, 0.05) is 11.7 Å². The maximum atomic E-state index is 3.70. The van der Waals surface area contributed by atoms with Gasteiger partial charge in [-0.1, -0.05) is 118 Å². The molecular weight excluding hydrogens is 386 g/mol. The van der Waals surface area contributed by atoms with Crippen LogP contribution in [0.25, 0.3) is 11.6 Å². The van der Waals surface area contributed by atoms with E-state index in [-0.39, 0.29) is 0 Å². The number of nitrogens with one attached hydrogen (secondary N) is 1. The highest BCUT2D eigenvalue weighted by Gasteiger charge is 2.16. The minimum absolute atomic E-state index is 0.478. The van der Waals surface area contributed by atoms with Crippen molar-refractivity contribution in [2.24, 2.45) is 11.8 Å². The van der Waals surface area contributed by atoms with Gasteiger partial charge < -0.3 is 5.32 Å². The van der Waals surface area contributed by atoms with Crippen molar-refractivity contribution < 1.29 is 0 Å². The van der Waals surface area contributed by atoms with Gasteiger partial charge in [0.2, 0.25) is 0 Å². The third kappa shape index (κ3) is 6.47. The summed E-state index contributed by atoms with van der Waals surface area (Å²) in [7, 11) is 0. The van der Waals surface area contributed by atoms with E-state index in [4.69, 9.17) is 0 Å². The smallest absolute Gasteiger partial charge is 0.0342 e. The fraction of sp³-hybridized carbons (Fsp3) is 0.290. The first-order valence-corrected chi connectivity index (χ1v) is 11.7. The van der Waals surface area contributed by atoms with E-state index >= 15 is 0 Å². The van der Waals surface area contributed by atoms with Crippen LogP contribution in [0, 0.1) is 25.7 Å². The molecule has 0 saturated heterocycles. The van der Waals surface area contributed by atoms with Gasteiger partial charge in [-0.05, 0) is 60.1 Å². The average molecular weight is 424 g/mol. The highest BCUT2D eigenvalue weighted by molar-refractivity contribution is 5.81. The van der Waals surface area contributed by atoms with E-state index in [1.165, 1.54) is 39.1 Å². The van der Waals surface area contributed by atoms with Gasteiger partial charge in [0.25, 0.3) is 0 Å². The molecule has 0 amide bonds.